The first-order valence-corrected chi connectivity index (χ1v) is 6.55. The topological polar surface area (TPSA) is 0 Å². The molecular formula is C15H26. The highest BCUT2D eigenvalue weighted by molar-refractivity contribution is 5.25. The fourth-order valence-electron chi connectivity index (χ4n) is 2.48. The Kier molecular flexibility index (Phi) is 5.14. The number of hydrogen-bond donors (Lipinski definition) is 0. The minimum absolute atomic E-state index is 0.826. The summed E-state index contributed by atoms with van der Waals surface area (Å²) in [4.78, 5) is 0. The van der Waals surface area contributed by atoms with Crippen LogP contribution in [0.25, 0.3) is 0 Å². The smallest absolute Gasteiger partial charge is 0.0200 e. The molecule has 86 valence electrons. The molecule has 0 aliphatic heterocycles. The molecule has 1 aliphatic rings. The summed E-state index contributed by atoms with van der Waals surface area (Å²) in [6, 6.07) is 0. The highest BCUT2D eigenvalue weighted by Gasteiger charge is 2.15. The van der Waals surface area contributed by atoms with Gasteiger partial charge >= 0.3 is 0 Å². The van der Waals surface area contributed by atoms with Crippen molar-refractivity contribution in [2.24, 2.45) is 11.8 Å². The Morgan fingerprint density at radius 3 is 2.27 bits per heavy atom. The van der Waals surface area contributed by atoms with Crippen molar-refractivity contribution in [2.45, 2.75) is 59.8 Å². The van der Waals surface area contributed by atoms with Crippen molar-refractivity contribution in [2.75, 3.05) is 0 Å². The van der Waals surface area contributed by atoms with Gasteiger partial charge in [-0.2, -0.15) is 0 Å². The van der Waals surface area contributed by atoms with E-state index in [4.69, 9.17) is 0 Å². The van der Waals surface area contributed by atoms with Crippen LogP contribution in [-0.2, 0) is 0 Å². The van der Waals surface area contributed by atoms with Gasteiger partial charge in [0, 0.05) is 0 Å². The van der Waals surface area contributed by atoms with Crippen LogP contribution in [0.1, 0.15) is 59.8 Å². The molecule has 0 radical (unpaired) electrons. The fraction of sp³-hybridized carbons (Fsp3) is 0.733. The first-order chi connectivity index (χ1) is 7.17. The van der Waals surface area contributed by atoms with Crippen LogP contribution in [0.4, 0.5) is 0 Å². The maximum absolute atomic E-state index is 2.40. The molecule has 1 atom stereocenters. The van der Waals surface area contributed by atoms with Gasteiger partial charge in [0.05, 0.1) is 0 Å². The summed E-state index contributed by atoms with van der Waals surface area (Å²) in [5, 5.41) is 0. The SMILES string of the molecule is CCC1=CC=C(C(CC)CC(C)C)CC1. The average molecular weight is 206 g/mol. The highest BCUT2D eigenvalue weighted by atomic mass is 14.2. The number of allylic oxidation sites excluding steroid dienone is 4. The van der Waals surface area contributed by atoms with Crippen LogP contribution in [0.5, 0.6) is 0 Å². The lowest BCUT2D eigenvalue weighted by Gasteiger charge is -2.23. The first kappa shape index (κ1) is 12.5. The molecule has 1 unspecified atom stereocenters. The van der Waals surface area contributed by atoms with Crippen LogP contribution in [0, 0.1) is 11.8 Å². The van der Waals surface area contributed by atoms with Gasteiger partial charge in [-0.1, -0.05) is 51.0 Å². The Hall–Kier alpha value is -0.520. The summed E-state index contributed by atoms with van der Waals surface area (Å²) in [7, 11) is 0. The molecule has 0 nitrogen and oxygen atoms in total. The van der Waals surface area contributed by atoms with E-state index in [0.29, 0.717) is 0 Å². The molecular weight excluding hydrogens is 180 g/mol. The Bertz CT molecular complexity index is 243. The van der Waals surface area contributed by atoms with E-state index in [1.165, 1.54) is 32.1 Å². The fourth-order valence-corrected chi connectivity index (χ4v) is 2.48. The molecule has 15 heavy (non-hydrogen) atoms. The largest absolute Gasteiger partial charge is 0.0702 e. The van der Waals surface area contributed by atoms with E-state index >= 15 is 0 Å². The second-order valence-corrected chi connectivity index (χ2v) is 5.15. The average Bonchev–Trinajstić information content (AvgIpc) is 2.26. The normalized spacial score (nSPS) is 18.7. The maximum atomic E-state index is 2.40. The lowest BCUT2D eigenvalue weighted by atomic mass is 9.82. The monoisotopic (exact) mass is 206 g/mol. The zero-order valence-electron chi connectivity index (χ0n) is 10.8. The van der Waals surface area contributed by atoms with Crippen LogP contribution < -0.4 is 0 Å². The first-order valence-electron chi connectivity index (χ1n) is 6.55. The minimum Gasteiger partial charge on any atom is -0.0702 e. The molecule has 0 spiro atoms. The van der Waals surface area contributed by atoms with Crippen LogP contribution >= 0.6 is 0 Å². The molecule has 0 fully saturated rings. The molecule has 0 heterocycles. The van der Waals surface area contributed by atoms with Gasteiger partial charge in [0.2, 0.25) is 0 Å². The Morgan fingerprint density at radius 1 is 1.13 bits per heavy atom. The number of hydrogen-bond acceptors (Lipinski definition) is 0. The predicted molar refractivity (Wildman–Crippen MR) is 68.9 cm³/mol. The highest BCUT2D eigenvalue weighted by Crippen LogP contribution is 2.31. The standard InChI is InChI=1S/C15H26/c1-5-13-7-9-15(10-8-13)14(6-2)11-12(3)4/h7,9,12,14H,5-6,8,10-11H2,1-4H3. The van der Waals surface area contributed by atoms with Crippen molar-refractivity contribution < 1.29 is 0 Å². The van der Waals surface area contributed by atoms with Crippen molar-refractivity contribution in [1.29, 1.82) is 0 Å². The zero-order valence-corrected chi connectivity index (χ0v) is 10.8. The zero-order chi connectivity index (χ0) is 11.3. The van der Waals surface area contributed by atoms with Crippen molar-refractivity contribution in [3.8, 4) is 0 Å². The Balaban J connectivity index is 2.62. The molecule has 0 aromatic rings. The second-order valence-electron chi connectivity index (χ2n) is 5.15. The van der Waals surface area contributed by atoms with Crippen LogP contribution in [-0.4, -0.2) is 0 Å². The molecule has 1 rings (SSSR count). The third-order valence-electron chi connectivity index (χ3n) is 3.50. The molecule has 0 aromatic heterocycles. The van der Waals surface area contributed by atoms with Gasteiger partial charge in [-0.15, -0.1) is 0 Å². The van der Waals surface area contributed by atoms with E-state index < -0.39 is 0 Å². The van der Waals surface area contributed by atoms with E-state index in [1.807, 2.05) is 0 Å². The van der Waals surface area contributed by atoms with Gasteiger partial charge in [0.25, 0.3) is 0 Å². The lowest BCUT2D eigenvalue weighted by molar-refractivity contribution is 0.436. The van der Waals surface area contributed by atoms with Crippen molar-refractivity contribution in [3.63, 3.8) is 0 Å². The Labute approximate surface area is 95.5 Å². The van der Waals surface area contributed by atoms with Gasteiger partial charge < -0.3 is 0 Å². The van der Waals surface area contributed by atoms with Gasteiger partial charge in [-0.3, -0.25) is 0 Å². The summed E-state index contributed by atoms with van der Waals surface area (Å²) in [6.07, 6.45) is 11.3. The molecule has 0 N–H and O–H groups in total. The molecule has 0 amide bonds. The summed E-state index contributed by atoms with van der Waals surface area (Å²) < 4.78 is 0. The van der Waals surface area contributed by atoms with E-state index in [9.17, 15) is 0 Å². The van der Waals surface area contributed by atoms with Gasteiger partial charge in [-0.05, 0) is 43.9 Å². The quantitative estimate of drug-likeness (QED) is 0.586. The summed E-state index contributed by atoms with van der Waals surface area (Å²) >= 11 is 0. The predicted octanol–water partition coefficient (Wildman–Crippen LogP) is 5.12. The third kappa shape index (κ3) is 3.85. The van der Waals surface area contributed by atoms with E-state index in [2.05, 4.69) is 39.8 Å². The summed E-state index contributed by atoms with van der Waals surface area (Å²) in [6.45, 7) is 9.25. The molecule has 0 heteroatoms. The van der Waals surface area contributed by atoms with Crippen molar-refractivity contribution >= 4 is 0 Å². The van der Waals surface area contributed by atoms with Crippen molar-refractivity contribution in [1.82, 2.24) is 0 Å². The molecule has 1 aliphatic carbocycles. The van der Waals surface area contributed by atoms with Crippen LogP contribution in [0.3, 0.4) is 0 Å². The second kappa shape index (κ2) is 6.15. The number of rotatable bonds is 5. The van der Waals surface area contributed by atoms with Crippen LogP contribution in [0.15, 0.2) is 23.3 Å². The van der Waals surface area contributed by atoms with E-state index in [0.717, 1.165) is 11.8 Å². The minimum atomic E-state index is 0.826. The summed E-state index contributed by atoms with van der Waals surface area (Å²) in [5.74, 6) is 1.66. The molecule has 0 aromatic carbocycles. The molecule has 0 bridgehead atoms. The molecule has 0 saturated carbocycles. The lowest BCUT2D eigenvalue weighted by Crippen LogP contribution is -2.09. The maximum Gasteiger partial charge on any atom is -0.0200 e. The van der Waals surface area contributed by atoms with Crippen molar-refractivity contribution in [3.05, 3.63) is 23.3 Å². The van der Waals surface area contributed by atoms with E-state index in [1.54, 1.807) is 11.1 Å². The molecule has 0 saturated heterocycles. The van der Waals surface area contributed by atoms with Crippen LogP contribution in [0.2, 0.25) is 0 Å². The Morgan fingerprint density at radius 2 is 1.87 bits per heavy atom. The van der Waals surface area contributed by atoms with Gasteiger partial charge in [0.1, 0.15) is 0 Å². The van der Waals surface area contributed by atoms with E-state index in [-0.39, 0.29) is 0 Å². The van der Waals surface area contributed by atoms with Gasteiger partial charge in [0.15, 0.2) is 0 Å². The van der Waals surface area contributed by atoms with Gasteiger partial charge in [-0.25, -0.2) is 0 Å². The summed E-state index contributed by atoms with van der Waals surface area (Å²) in [5.41, 5.74) is 3.32. The third-order valence-corrected chi connectivity index (χ3v) is 3.50.